The van der Waals surface area contributed by atoms with Crippen LogP contribution < -0.4 is 0 Å². The first-order valence-electron chi connectivity index (χ1n) is 5.40. The minimum atomic E-state index is -0.455. The number of nitrogens with zero attached hydrogens (tertiary/aromatic N) is 1. The highest BCUT2D eigenvalue weighted by Gasteiger charge is 2.32. The second-order valence-corrected chi connectivity index (χ2v) is 4.93. The molecule has 78 valence electrons. The fourth-order valence-electron chi connectivity index (χ4n) is 1.91. The van der Waals surface area contributed by atoms with Crippen LogP contribution in [0.25, 0.3) is 0 Å². The molecule has 1 heterocycles. The number of aliphatic hydroxyl groups is 1. The van der Waals surface area contributed by atoms with Gasteiger partial charge in [0.2, 0.25) is 0 Å². The van der Waals surface area contributed by atoms with E-state index in [1.54, 1.807) is 0 Å². The Hall–Kier alpha value is -0.0800. The Morgan fingerprint density at radius 2 is 2.00 bits per heavy atom. The largest absolute Gasteiger partial charge is 0.390 e. The zero-order valence-corrected chi connectivity index (χ0v) is 9.38. The lowest BCUT2D eigenvalue weighted by molar-refractivity contribution is 0.00221. The van der Waals surface area contributed by atoms with Crippen LogP contribution in [0, 0.1) is 5.92 Å². The van der Waals surface area contributed by atoms with E-state index in [2.05, 4.69) is 25.7 Å². The lowest BCUT2D eigenvalue weighted by Gasteiger charge is -2.27. The third-order valence-corrected chi connectivity index (χ3v) is 3.55. The summed E-state index contributed by atoms with van der Waals surface area (Å²) in [5.41, 5.74) is -0.455. The van der Waals surface area contributed by atoms with Crippen LogP contribution in [0.15, 0.2) is 0 Å². The van der Waals surface area contributed by atoms with Gasteiger partial charge in [-0.2, -0.15) is 0 Å². The van der Waals surface area contributed by atoms with Crippen molar-refractivity contribution in [1.82, 2.24) is 4.90 Å². The van der Waals surface area contributed by atoms with Gasteiger partial charge in [0.15, 0.2) is 0 Å². The molecule has 0 aliphatic carbocycles. The molecule has 1 aliphatic heterocycles. The van der Waals surface area contributed by atoms with E-state index >= 15 is 0 Å². The van der Waals surface area contributed by atoms with Crippen molar-refractivity contribution in [3.8, 4) is 0 Å². The smallest absolute Gasteiger partial charge is 0.0657 e. The average Bonchev–Trinajstić information content (AvgIpc) is 2.13. The topological polar surface area (TPSA) is 23.5 Å². The van der Waals surface area contributed by atoms with Crippen LogP contribution in [0.1, 0.15) is 40.5 Å². The summed E-state index contributed by atoms with van der Waals surface area (Å²) in [4.78, 5) is 2.46. The van der Waals surface area contributed by atoms with Crippen LogP contribution in [0.4, 0.5) is 0 Å². The van der Waals surface area contributed by atoms with E-state index in [-0.39, 0.29) is 0 Å². The van der Waals surface area contributed by atoms with Crippen molar-refractivity contribution in [3.63, 3.8) is 0 Å². The third-order valence-electron chi connectivity index (χ3n) is 3.55. The summed E-state index contributed by atoms with van der Waals surface area (Å²) >= 11 is 0. The molecule has 1 fully saturated rings. The maximum Gasteiger partial charge on any atom is 0.0657 e. The highest BCUT2D eigenvalue weighted by molar-refractivity contribution is 4.85. The second-order valence-electron chi connectivity index (χ2n) is 4.93. The summed E-state index contributed by atoms with van der Waals surface area (Å²) < 4.78 is 0. The normalized spacial score (nSPS) is 37.8. The Kier molecular flexibility index (Phi) is 3.36. The van der Waals surface area contributed by atoms with Crippen LogP contribution >= 0.6 is 0 Å². The van der Waals surface area contributed by atoms with Crippen LogP contribution in [0.2, 0.25) is 0 Å². The maximum absolute atomic E-state index is 10.1. The zero-order valence-electron chi connectivity index (χ0n) is 9.38. The first-order valence-corrected chi connectivity index (χ1v) is 5.40. The predicted molar refractivity (Wildman–Crippen MR) is 55.7 cm³/mol. The Bertz CT molecular complexity index is 165. The maximum atomic E-state index is 10.1. The zero-order chi connectivity index (χ0) is 10.1. The summed E-state index contributed by atoms with van der Waals surface area (Å²) in [6, 6.07) is 0.612. The summed E-state index contributed by atoms with van der Waals surface area (Å²) in [7, 11) is 0. The van der Waals surface area contributed by atoms with Gasteiger partial charge < -0.3 is 10.0 Å². The van der Waals surface area contributed by atoms with Crippen molar-refractivity contribution in [2.75, 3.05) is 13.1 Å². The summed E-state index contributed by atoms with van der Waals surface area (Å²) in [6.07, 6.45) is 2.03. The molecule has 0 bridgehead atoms. The second kappa shape index (κ2) is 3.97. The van der Waals surface area contributed by atoms with E-state index in [4.69, 9.17) is 0 Å². The Labute approximate surface area is 81.9 Å². The highest BCUT2D eigenvalue weighted by Crippen LogP contribution is 2.28. The Morgan fingerprint density at radius 3 is 2.54 bits per heavy atom. The van der Waals surface area contributed by atoms with Crippen molar-refractivity contribution in [1.29, 1.82) is 0 Å². The van der Waals surface area contributed by atoms with Crippen molar-refractivity contribution >= 4 is 0 Å². The van der Waals surface area contributed by atoms with Gasteiger partial charge in [-0.05, 0) is 46.1 Å². The van der Waals surface area contributed by atoms with Crippen LogP contribution in [-0.2, 0) is 0 Å². The number of rotatable bonds is 1. The number of hydrogen-bond acceptors (Lipinski definition) is 2. The molecule has 2 unspecified atom stereocenters. The molecule has 0 saturated carbocycles. The molecule has 0 aromatic rings. The molecule has 0 radical (unpaired) electrons. The van der Waals surface area contributed by atoms with E-state index in [1.807, 2.05) is 6.92 Å². The van der Waals surface area contributed by atoms with Gasteiger partial charge in [0.1, 0.15) is 0 Å². The molecular weight excluding hydrogens is 162 g/mol. The molecule has 0 aromatic carbocycles. The Morgan fingerprint density at radius 1 is 1.38 bits per heavy atom. The van der Waals surface area contributed by atoms with Crippen molar-refractivity contribution in [2.45, 2.75) is 52.2 Å². The fourth-order valence-corrected chi connectivity index (χ4v) is 1.91. The van der Waals surface area contributed by atoms with Gasteiger partial charge in [0.25, 0.3) is 0 Å². The minimum Gasteiger partial charge on any atom is -0.390 e. The van der Waals surface area contributed by atoms with Gasteiger partial charge in [-0.25, -0.2) is 0 Å². The van der Waals surface area contributed by atoms with E-state index in [9.17, 15) is 5.11 Å². The summed E-state index contributed by atoms with van der Waals surface area (Å²) in [5.74, 6) is 0.427. The molecule has 2 nitrogen and oxygen atoms in total. The molecule has 0 spiro atoms. The van der Waals surface area contributed by atoms with Crippen LogP contribution in [0.5, 0.6) is 0 Å². The van der Waals surface area contributed by atoms with Gasteiger partial charge >= 0.3 is 0 Å². The monoisotopic (exact) mass is 185 g/mol. The summed E-state index contributed by atoms with van der Waals surface area (Å²) in [5, 5.41) is 10.1. The van der Waals surface area contributed by atoms with Crippen molar-refractivity contribution in [2.24, 2.45) is 5.92 Å². The fraction of sp³-hybridized carbons (Fsp3) is 1.00. The van der Waals surface area contributed by atoms with Crippen molar-refractivity contribution in [3.05, 3.63) is 0 Å². The van der Waals surface area contributed by atoms with Gasteiger partial charge in [-0.1, -0.05) is 6.92 Å². The Balaban J connectivity index is 2.57. The van der Waals surface area contributed by atoms with Gasteiger partial charge in [0.05, 0.1) is 5.60 Å². The SMILES string of the molecule is CC(C)N1CCC(C)C(C)(O)CC1. The number of hydrogen-bond donors (Lipinski definition) is 1. The molecule has 1 rings (SSSR count). The number of likely N-dealkylation sites (tertiary alicyclic amines) is 1. The molecular formula is C11H23NO. The summed E-state index contributed by atoms with van der Waals surface area (Å²) in [6.45, 7) is 10.8. The molecule has 13 heavy (non-hydrogen) atoms. The highest BCUT2D eigenvalue weighted by atomic mass is 16.3. The van der Waals surface area contributed by atoms with Crippen LogP contribution in [0.3, 0.4) is 0 Å². The predicted octanol–water partition coefficient (Wildman–Crippen LogP) is 1.88. The molecule has 1 saturated heterocycles. The molecule has 1 N–H and O–H groups in total. The first kappa shape index (κ1) is 11.0. The molecule has 1 aliphatic rings. The quantitative estimate of drug-likeness (QED) is 0.674. The van der Waals surface area contributed by atoms with Gasteiger partial charge in [-0.15, -0.1) is 0 Å². The first-order chi connectivity index (χ1) is 5.93. The van der Waals surface area contributed by atoms with E-state index in [0.717, 1.165) is 25.9 Å². The molecule has 2 heteroatoms. The van der Waals surface area contributed by atoms with E-state index < -0.39 is 5.60 Å². The molecule has 0 amide bonds. The van der Waals surface area contributed by atoms with Gasteiger partial charge in [0, 0.05) is 12.6 Å². The molecule has 0 aromatic heterocycles. The van der Waals surface area contributed by atoms with E-state index in [1.165, 1.54) is 0 Å². The lowest BCUT2D eigenvalue weighted by Crippen LogP contribution is -2.34. The van der Waals surface area contributed by atoms with Gasteiger partial charge in [-0.3, -0.25) is 0 Å². The van der Waals surface area contributed by atoms with Crippen LogP contribution in [-0.4, -0.2) is 34.7 Å². The lowest BCUT2D eigenvalue weighted by atomic mass is 9.87. The molecule has 2 atom stereocenters. The average molecular weight is 185 g/mol. The van der Waals surface area contributed by atoms with Crippen molar-refractivity contribution < 1.29 is 5.11 Å². The third kappa shape index (κ3) is 2.68. The minimum absolute atomic E-state index is 0.427. The van der Waals surface area contributed by atoms with E-state index in [0.29, 0.717) is 12.0 Å². The standard InChI is InChI=1S/C11H23NO/c1-9(2)12-7-5-10(3)11(4,13)6-8-12/h9-10,13H,5-8H2,1-4H3.